The molecule has 1 fully saturated rings. The van der Waals surface area contributed by atoms with Crippen molar-refractivity contribution in [3.63, 3.8) is 0 Å². The molecule has 0 aromatic heterocycles. The smallest absolute Gasteiger partial charge is 0.292 e. The van der Waals surface area contributed by atoms with E-state index in [1.165, 1.54) is 18.2 Å². The van der Waals surface area contributed by atoms with E-state index >= 15 is 0 Å². The number of halogens is 1. The SMILES string of the molecule is O=[N+]([O-])c1ccccc1N1CCOC(c2ccc(F)cc2)C1. The van der Waals surface area contributed by atoms with Gasteiger partial charge in [-0.05, 0) is 23.8 Å². The van der Waals surface area contributed by atoms with Crippen molar-refractivity contribution >= 4 is 11.4 Å². The summed E-state index contributed by atoms with van der Waals surface area (Å²) in [5.41, 5.74) is 1.54. The number of rotatable bonds is 3. The molecular formula is C16H15FN2O3. The van der Waals surface area contributed by atoms with E-state index in [-0.39, 0.29) is 22.5 Å². The maximum atomic E-state index is 13.0. The van der Waals surface area contributed by atoms with E-state index in [1.54, 1.807) is 30.3 Å². The van der Waals surface area contributed by atoms with Gasteiger partial charge in [0.2, 0.25) is 0 Å². The summed E-state index contributed by atoms with van der Waals surface area (Å²) in [5.74, 6) is -0.296. The number of benzene rings is 2. The van der Waals surface area contributed by atoms with Crippen molar-refractivity contribution in [2.75, 3.05) is 24.6 Å². The van der Waals surface area contributed by atoms with Gasteiger partial charge < -0.3 is 9.64 Å². The summed E-state index contributed by atoms with van der Waals surface area (Å²) in [4.78, 5) is 12.7. The zero-order valence-corrected chi connectivity index (χ0v) is 11.8. The van der Waals surface area contributed by atoms with Crippen LogP contribution >= 0.6 is 0 Å². The Balaban J connectivity index is 1.84. The highest BCUT2D eigenvalue weighted by atomic mass is 19.1. The predicted octanol–water partition coefficient (Wildman–Crippen LogP) is 3.31. The molecule has 1 aliphatic rings. The number of anilines is 1. The van der Waals surface area contributed by atoms with Crippen molar-refractivity contribution in [1.29, 1.82) is 0 Å². The molecule has 114 valence electrons. The highest BCUT2D eigenvalue weighted by molar-refractivity contribution is 5.63. The zero-order chi connectivity index (χ0) is 15.5. The second-order valence-electron chi connectivity index (χ2n) is 5.10. The second-order valence-corrected chi connectivity index (χ2v) is 5.10. The molecule has 0 bridgehead atoms. The summed E-state index contributed by atoms with van der Waals surface area (Å²) in [5, 5.41) is 11.2. The van der Waals surface area contributed by atoms with Crippen LogP contribution in [0.3, 0.4) is 0 Å². The van der Waals surface area contributed by atoms with Crippen LogP contribution in [0.5, 0.6) is 0 Å². The highest BCUT2D eigenvalue weighted by Crippen LogP contribution is 2.32. The van der Waals surface area contributed by atoms with E-state index < -0.39 is 0 Å². The second kappa shape index (κ2) is 6.11. The van der Waals surface area contributed by atoms with Gasteiger partial charge in [-0.15, -0.1) is 0 Å². The molecule has 22 heavy (non-hydrogen) atoms. The largest absolute Gasteiger partial charge is 0.370 e. The molecule has 0 N–H and O–H groups in total. The Hall–Kier alpha value is -2.47. The third-order valence-corrected chi connectivity index (χ3v) is 3.73. The molecule has 0 radical (unpaired) electrons. The summed E-state index contributed by atoms with van der Waals surface area (Å²) in [6, 6.07) is 12.8. The Bertz CT molecular complexity index is 675. The Morgan fingerprint density at radius 2 is 1.91 bits per heavy atom. The van der Waals surface area contributed by atoms with Crippen molar-refractivity contribution in [1.82, 2.24) is 0 Å². The molecule has 1 heterocycles. The molecule has 1 unspecified atom stereocenters. The normalized spacial score (nSPS) is 18.2. The number of nitrogens with zero attached hydrogens (tertiary/aromatic N) is 2. The van der Waals surface area contributed by atoms with Gasteiger partial charge in [-0.2, -0.15) is 0 Å². The average Bonchev–Trinajstić information content (AvgIpc) is 2.55. The molecule has 5 nitrogen and oxygen atoms in total. The Kier molecular flexibility index (Phi) is 4.02. The Morgan fingerprint density at radius 1 is 1.18 bits per heavy atom. The van der Waals surface area contributed by atoms with Crippen LogP contribution in [-0.2, 0) is 4.74 Å². The number of hydrogen-bond donors (Lipinski definition) is 0. The van der Waals surface area contributed by atoms with Crippen LogP contribution < -0.4 is 4.90 Å². The van der Waals surface area contributed by atoms with Gasteiger partial charge in [0.1, 0.15) is 17.6 Å². The standard InChI is InChI=1S/C16H15FN2O3/c17-13-7-5-12(6-8-13)16-11-18(9-10-22-16)14-3-1-2-4-15(14)19(20)21/h1-8,16H,9-11H2. The third-order valence-electron chi connectivity index (χ3n) is 3.73. The van der Waals surface area contributed by atoms with Gasteiger partial charge in [0, 0.05) is 19.2 Å². The first-order valence-electron chi connectivity index (χ1n) is 7.00. The van der Waals surface area contributed by atoms with E-state index in [0.29, 0.717) is 25.4 Å². The molecule has 2 aromatic carbocycles. The quantitative estimate of drug-likeness (QED) is 0.645. The van der Waals surface area contributed by atoms with Crippen LogP contribution in [0.4, 0.5) is 15.8 Å². The third kappa shape index (κ3) is 2.92. The first kappa shape index (κ1) is 14.5. The fraction of sp³-hybridized carbons (Fsp3) is 0.250. The number of para-hydroxylation sites is 2. The minimum atomic E-state index is -0.377. The fourth-order valence-electron chi connectivity index (χ4n) is 2.63. The van der Waals surface area contributed by atoms with Crippen molar-refractivity contribution in [2.24, 2.45) is 0 Å². The number of nitro groups is 1. The number of morpholine rings is 1. The van der Waals surface area contributed by atoms with Crippen LogP contribution in [0, 0.1) is 15.9 Å². The highest BCUT2D eigenvalue weighted by Gasteiger charge is 2.26. The Morgan fingerprint density at radius 3 is 2.64 bits per heavy atom. The summed E-state index contributed by atoms with van der Waals surface area (Å²) < 4.78 is 18.7. The molecule has 0 saturated carbocycles. The first-order valence-corrected chi connectivity index (χ1v) is 7.00. The minimum Gasteiger partial charge on any atom is -0.370 e. The first-order chi connectivity index (χ1) is 10.6. The molecule has 1 atom stereocenters. The van der Waals surface area contributed by atoms with Gasteiger partial charge in [-0.3, -0.25) is 10.1 Å². The van der Waals surface area contributed by atoms with Gasteiger partial charge in [0.05, 0.1) is 11.5 Å². The van der Waals surface area contributed by atoms with Crippen LogP contribution in [0.15, 0.2) is 48.5 Å². The Labute approximate surface area is 127 Å². The van der Waals surface area contributed by atoms with E-state index in [4.69, 9.17) is 4.74 Å². The van der Waals surface area contributed by atoms with Crippen LogP contribution in [0.25, 0.3) is 0 Å². The van der Waals surface area contributed by atoms with Gasteiger partial charge in [-0.25, -0.2) is 4.39 Å². The van der Waals surface area contributed by atoms with E-state index in [2.05, 4.69) is 0 Å². The lowest BCUT2D eigenvalue weighted by molar-refractivity contribution is -0.384. The van der Waals surface area contributed by atoms with Gasteiger partial charge in [-0.1, -0.05) is 24.3 Å². The summed E-state index contributed by atoms with van der Waals surface area (Å²) in [7, 11) is 0. The lowest BCUT2D eigenvalue weighted by atomic mass is 10.1. The maximum Gasteiger partial charge on any atom is 0.292 e. The molecular weight excluding hydrogens is 287 g/mol. The van der Waals surface area contributed by atoms with Crippen molar-refractivity contribution in [2.45, 2.75) is 6.10 Å². The topological polar surface area (TPSA) is 55.6 Å². The van der Waals surface area contributed by atoms with E-state index in [9.17, 15) is 14.5 Å². The van der Waals surface area contributed by atoms with Gasteiger partial charge in [0.15, 0.2) is 0 Å². The number of ether oxygens (including phenoxy) is 1. The molecule has 6 heteroatoms. The van der Waals surface area contributed by atoms with E-state index in [1.807, 2.05) is 4.90 Å². The zero-order valence-electron chi connectivity index (χ0n) is 11.8. The lowest BCUT2D eigenvalue weighted by Gasteiger charge is -2.34. The summed E-state index contributed by atoms with van der Waals surface area (Å²) >= 11 is 0. The van der Waals surface area contributed by atoms with E-state index in [0.717, 1.165) is 5.56 Å². The maximum absolute atomic E-state index is 13.0. The van der Waals surface area contributed by atoms with Crippen molar-refractivity contribution in [3.8, 4) is 0 Å². The summed E-state index contributed by atoms with van der Waals surface area (Å²) in [6.07, 6.45) is -0.228. The molecule has 3 rings (SSSR count). The monoisotopic (exact) mass is 302 g/mol. The van der Waals surface area contributed by atoms with Crippen LogP contribution in [0.1, 0.15) is 11.7 Å². The average molecular weight is 302 g/mol. The van der Waals surface area contributed by atoms with Gasteiger partial charge >= 0.3 is 0 Å². The number of hydrogen-bond acceptors (Lipinski definition) is 4. The van der Waals surface area contributed by atoms with Crippen LogP contribution in [0.2, 0.25) is 0 Å². The molecule has 0 amide bonds. The minimum absolute atomic E-state index is 0.0854. The fourth-order valence-corrected chi connectivity index (χ4v) is 2.63. The van der Waals surface area contributed by atoms with Gasteiger partial charge in [0.25, 0.3) is 5.69 Å². The molecule has 0 aliphatic carbocycles. The number of nitro benzene ring substituents is 1. The van der Waals surface area contributed by atoms with Crippen molar-refractivity contribution in [3.05, 3.63) is 70.0 Å². The van der Waals surface area contributed by atoms with Crippen LogP contribution in [-0.4, -0.2) is 24.6 Å². The molecule has 0 spiro atoms. The predicted molar refractivity (Wildman–Crippen MR) is 80.4 cm³/mol. The molecule has 1 saturated heterocycles. The van der Waals surface area contributed by atoms with Crippen molar-refractivity contribution < 1.29 is 14.1 Å². The lowest BCUT2D eigenvalue weighted by Crippen LogP contribution is -2.38. The summed E-state index contributed by atoms with van der Waals surface area (Å²) in [6.45, 7) is 1.55. The molecule has 1 aliphatic heterocycles. The molecule has 2 aromatic rings.